The van der Waals surface area contributed by atoms with E-state index in [1.807, 2.05) is 67.6 Å². The molecule has 0 radical (unpaired) electrons. The standard InChI is InChI=1S/C26H23NO4/c1-17-8-11-20(12-9-17)25-27-22(26(28)31-25)14-19-10-13-23(24(15-19)29-3)30-16-21-7-5-4-6-18(21)2/h4-15H,16H2,1-3H3/b22-14-. The SMILES string of the molecule is COc1cc(/C=C2\N=C(c3ccc(C)cc3)OC2=O)ccc1OCc1ccccc1C. The molecule has 0 saturated heterocycles. The van der Waals surface area contributed by atoms with Crippen LogP contribution in [0.4, 0.5) is 0 Å². The lowest BCUT2D eigenvalue weighted by Gasteiger charge is -2.12. The van der Waals surface area contributed by atoms with E-state index in [4.69, 9.17) is 14.2 Å². The molecular weight excluding hydrogens is 390 g/mol. The maximum absolute atomic E-state index is 12.3. The fourth-order valence-corrected chi connectivity index (χ4v) is 3.21. The van der Waals surface area contributed by atoms with Gasteiger partial charge >= 0.3 is 5.97 Å². The number of carbonyl (C=O) groups is 1. The smallest absolute Gasteiger partial charge is 0.363 e. The molecule has 0 atom stereocenters. The van der Waals surface area contributed by atoms with Crippen LogP contribution in [0.5, 0.6) is 11.5 Å². The Bertz CT molecular complexity index is 1180. The maximum Gasteiger partial charge on any atom is 0.363 e. The third-order valence-corrected chi connectivity index (χ3v) is 5.05. The zero-order valence-corrected chi connectivity index (χ0v) is 17.7. The Morgan fingerprint density at radius 2 is 1.74 bits per heavy atom. The third kappa shape index (κ3) is 4.67. The fourth-order valence-electron chi connectivity index (χ4n) is 3.21. The Balaban J connectivity index is 1.54. The van der Waals surface area contributed by atoms with Crippen molar-refractivity contribution < 1.29 is 19.0 Å². The maximum atomic E-state index is 12.3. The lowest BCUT2D eigenvalue weighted by Crippen LogP contribution is -2.05. The van der Waals surface area contributed by atoms with Gasteiger partial charge in [-0.15, -0.1) is 0 Å². The van der Waals surface area contributed by atoms with Gasteiger partial charge in [-0.3, -0.25) is 0 Å². The molecule has 3 aromatic carbocycles. The summed E-state index contributed by atoms with van der Waals surface area (Å²) < 4.78 is 16.8. The molecule has 0 unspecified atom stereocenters. The Hall–Kier alpha value is -3.86. The summed E-state index contributed by atoms with van der Waals surface area (Å²) in [5, 5.41) is 0. The molecule has 0 fully saturated rings. The van der Waals surface area contributed by atoms with Crippen molar-refractivity contribution in [3.05, 3.63) is 100 Å². The summed E-state index contributed by atoms with van der Waals surface area (Å²) in [6, 6.07) is 21.3. The van der Waals surface area contributed by atoms with Gasteiger partial charge in [-0.1, -0.05) is 48.0 Å². The first-order chi connectivity index (χ1) is 15.0. The average Bonchev–Trinajstić information content (AvgIpc) is 3.14. The first-order valence-electron chi connectivity index (χ1n) is 9.98. The Morgan fingerprint density at radius 3 is 2.48 bits per heavy atom. The lowest BCUT2D eigenvalue weighted by atomic mass is 10.1. The molecule has 31 heavy (non-hydrogen) atoms. The number of ether oxygens (including phenoxy) is 3. The van der Waals surface area contributed by atoms with E-state index in [1.165, 1.54) is 5.56 Å². The van der Waals surface area contributed by atoms with Crippen molar-refractivity contribution in [2.24, 2.45) is 4.99 Å². The predicted octanol–water partition coefficient (Wildman–Crippen LogP) is 5.24. The highest BCUT2D eigenvalue weighted by atomic mass is 16.6. The fraction of sp³-hybridized carbons (Fsp3) is 0.154. The van der Waals surface area contributed by atoms with Crippen LogP contribution in [-0.4, -0.2) is 19.0 Å². The van der Waals surface area contributed by atoms with Crippen LogP contribution in [-0.2, 0) is 16.1 Å². The molecule has 0 aliphatic carbocycles. The summed E-state index contributed by atoms with van der Waals surface area (Å²) in [7, 11) is 1.59. The van der Waals surface area contributed by atoms with Crippen molar-refractivity contribution in [3.8, 4) is 11.5 Å². The second-order valence-electron chi connectivity index (χ2n) is 7.33. The molecule has 1 aliphatic rings. The number of aliphatic imine (C=N–C) groups is 1. The molecule has 156 valence electrons. The Kier molecular flexibility index (Phi) is 5.85. The van der Waals surface area contributed by atoms with Crippen LogP contribution in [0.15, 0.2) is 77.4 Å². The van der Waals surface area contributed by atoms with E-state index in [-0.39, 0.29) is 5.70 Å². The molecule has 0 aromatic heterocycles. The number of benzene rings is 3. The van der Waals surface area contributed by atoms with E-state index in [2.05, 4.69) is 18.0 Å². The quantitative estimate of drug-likeness (QED) is 0.410. The van der Waals surface area contributed by atoms with Gasteiger partial charge in [-0.05, 0) is 60.9 Å². The van der Waals surface area contributed by atoms with Crippen molar-refractivity contribution in [1.82, 2.24) is 0 Å². The van der Waals surface area contributed by atoms with Crippen molar-refractivity contribution in [1.29, 1.82) is 0 Å². The molecule has 3 aromatic rings. The first kappa shape index (κ1) is 20.4. The van der Waals surface area contributed by atoms with Gasteiger partial charge in [-0.2, -0.15) is 0 Å². The van der Waals surface area contributed by atoms with Gasteiger partial charge in [0.1, 0.15) is 6.61 Å². The van der Waals surface area contributed by atoms with E-state index < -0.39 is 5.97 Å². The molecular formula is C26H23NO4. The number of methoxy groups -OCH3 is 1. The van der Waals surface area contributed by atoms with Crippen molar-refractivity contribution in [3.63, 3.8) is 0 Å². The molecule has 1 aliphatic heterocycles. The van der Waals surface area contributed by atoms with Crippen molar-refractivity contribution in [2.45, 2.75) is 20.5 Å². The van der Waals surface area contributed by atoms with E-state index in [0.717, 1.165) is 22.3 Å². The van der Waals surface area contributed by atoms with Crippen molar-refractivity contribution >= 4 is 17.9 Å². The number of nitrogens with zero attached hydrogens (tertiary/aromatic N) is 1. The summed E-state index contributed by atoms with van der Waals surface area (Å²) in [5.74, 6) is 1.04. The van der Waals surface area contributed by atoms with E-state index in [0.29, 0.717) is 24.0 Å². The third-order valence-electron chi connectivity index (χ3n) is 5.05. The summed E-state index contributed by atoms with van der Waals surface area (Å²) in [4.78, 5) is 16.6. The minimum atomic E-state index is -0.477. The van der Waals surface area contributed by atoms with Gasteiger partial charge in [-0.25, -0.2) is 9.79 Å². The van der Waals surface area contributed by atoms with Gasteiger partial charge in [0, 0.05) is 5.56 Å². The van der Waals surface area contributed by atoms with Gasteiger partial charge in [0.05, 0.1) is 7.11 Å². The van der Waals surface area contributed by atoms with Crippen LogP contribution in [0.25, 0.3) is 6.08 Å². The van der Waals surface area contributed by atoms with Crippen molar-refractivity contribution in [2.75, 3.05) is 7.11 Å². The molecule has 5 nitrogen and oxygen atoms in total. The molecule has 0 spiro atoms. The number of aryl methyl sites for hydroxylation is 2. The number of cyclic esters (lactones) is 1. The molecule has 0 saturated carbocycles. The number of esters is 1. The number of rotatable bonds is 6. The second kappa shape index (κ2) is 8.88. The van der Waals surface area contributed by atoms with Crippen LogP contribution in [0.2, 0.25) is 0 Å². The summed E-state index contributed by atoms with van der Waals surface area (Å²) in [6.45, 7) is 4.50. The van der Waals surface area contributed by atoms with Crippen LogP contribution in [0.3, 0.4) is 0 Å². The normalized spacial score (nSPS) is 14.4. The lowest BCUT2D eigenvalue weighted by molar-refractivity contribution is -0.129. The summed E-state index contributed by atoms with van der Waals surface area (Å²) >= 11 is 0. The largest absolute Gasteiger partial charge is 0.493 e. The first-order valence-corrected chi connectivity index (χ1v) is 9.98. The summed E-state index contributed by atoms with van der Waals surface area (Å²) in [5.41, 5.74) is 5.18. The number of hydrogen-bond acceptors (Lipinski definition) is 5. The van der Waals surface area contributed by atoms with Crippen LogP contribution in [0, 0.1) is 13.8 Å². The zero-order valence-electron chi connectivity index (χ0n) is 17.7. The Morgan fingerprint density at radius 1 is 0.968 bits per heavy atom. The van der Waals surface area contributed by atoms with Crippen LogP contribution in [0.1, 0.15) is 27.8 Å². The van der Waals surface area contributed by atoms with Crippen LogP contribution >= 0.6 is 0 Å². The minimum absolute atomic E-state index is 0.242. The topological polar surface area (TPSA) is 57.1 Å². The van der Waals surface area contributed by atoms with Gasteiger partial charge in [0.15, 0.2) is 17.2 Å². The highest BCUT2D eigenvalue weighted by molar-refractivity contribution is 6.12. The molecule has 0 amide bonds. The monoisotopic (exact) mass is 413 g/mol. The average molecular weight is 413 g/mol. The van der Waals surface area contributed by atoms with E-state index in [9.17, 15) is 4.79 Å². The predicted molar refractivity (Wildman–Crippen MR) is 120 cm³/mol. The zero-order chi connectivity index (χ0) is 21.8. The molecule has 4 rings (SSSR count). The molecule has 5 heteroatoms. The van der Waals surface area contributed by atoms with Gasteiger partial charge < -0.3 is 14.2 Å². The Labute approximate surface area is 181 Å². The molecule has 0 bridgehead atoms. The summed E-state index contributed by atoms with van der Waals surface area (Å²) in [6.07, 6.45) is 1.68. The number of carbonyl (C=O) groups excluding carboxylic acids is 1. The van der Waals surface area contributed by atoms with E-state index in [1.54, 1.807) is 13.2 Å². The van der Waals surface area contributed by atoms with Gasteiger partial charge in [0.25, 0.3) is 0 Å². The number of hydrogen-bond donors (Lipinski definition) is 0. The van der Waals surface area contributed by atoms with Gasteiger partial charge in [0.2, 0.25) is 5.90 Å². The highest BCUT2D eigenvalue weighted by Gasteiger charge is 2.24. The molecule has 0 N–H and O–H groups in total. The van der Waals surface area contributed by atoms with E-state index >= 15 is 0 Å². The highest BCUT2D eigenvalue weighted by Crippen LogP contribution is 2.30. The molecule has 1 heterocycles. The van der Waals surface area contributed by atoms with Crippen LogP contribution < -0.4 is 9.47 Å². The second-order valence-corrected chi connectivity index (χ2v) is 7.33. The minimum Gasteiger partial charge on any atom is -0.493 e.